The van der Waals surface area contributed by atoms with Gasteiger partial charge < -0.3 is 4.74 Å². The van der Waals surface area contributed by atoms with Crippen molar-refractivity contribution in [3.63, 3.8) is 0 Å². The molecule has 0 radical (unpaired) electrons. The van der Waals surface area contributed by atoms with Crippen LogP contribution >= 0.6 is 0 Å². The smallest absolute Gasteiger partial charge is 0.312 e. The van der Waals surface area contributed by atoms with E-state index in [-0.39, 0.29) is 69.1 Å². The van der Waals surface area contributed by atoms with Crippen LogP contribution in [-0.4, -0.2) is 24.6 Å². The van der Waals surface area contributed by atoms with Crippen LogP contribution in [0.15, 0.2) is 11.6 Å². The molecule has 0 aromatic rings. The Kier molecular flexibility index (Phi) is 5.49. The molecule has 0 spiro atoms. The van der Waals surface area contributed by atoms with Gasteiger partial charge in [0.2, 0.25) is 0 Å². The van der Waals surface area contributed by atoms with Crippen LogP contribution < -0.4 is 0 Å². The van der Waals surface area contributed by atoms with Crippen molar-refractivity contribution in [2.75, 3.05) is 7.11 Å². The van der Waals surface area contributed by atoms with Crippen LogP contribution in [0.5, 0.6) is 0 Å². The van der Waals surface area contributed by atoms with Crippen molar-refractivity contribution < 1.29 is 19.1 Å². The van der Waals surface area contributed by atoms with Gasteiger partial charge in [0, 0.05) is 18.3 Å². The lowest BCUT2D eigenvalue weighted by Crippen LogP contribution is -2.64. The van der Waals surface area contributed by atoms with Crippen LogP contribution in [-0.2, 0) is 19.1 Å². The van der Waals surface area contributed by atoms with E-state index in [4.69, 9.17) is 4.74 Å². The summed E-state index contributed by atoms with van der Waals surface area (Å²) in [6, 6.07) is 2.16. The molecule has 5 nitrogen and oxygen atoms in total. The summed E-state index contributed by atoms with van der Waals surface area (Å²) in [7, 11) is 1.49. The van der Waals surface area contributed by atoms with E-state index >= 15 is 0 Å². The number of rotatable bonds is 1. The maximum atomic E-state index is 14.2. The van der Waals surface area contributed by atoms with Crippen molar-refractivity contribution in [3.8, 4) is 6.07 Å². The van der Waals surface area contributed by atoms with Crippen LogP contribution in [0.3, 0.4) is 0 Å². The Balaban J connectivity index is 1.58. The normalized spacial score (nSPS) is 48.3. The number of hydrogen-bond donors (Lipinski definition) is 0. The third-order valence-corrected chi connectivity index (χ3v) is 11.9. The number of nitriles is 1. The number of methoxy groups -OCH3 is 1. The molecule has 0 aromatic carbocycles. The zero-order valence-electron chi connectivity index (χ0n) is 22.3. The van der Waals surface area contributed by atoms with Crippen molar-refractivity contribution in [2.45, 2.75) is 86.0 Å². The minimum atomic E-state index is -0.537. The van der Waals surface area contributed by atoms with Crippen LogP contribution in [0.1, 0.15) is 86.0 Å². The van der Waals surface area contributed by atoms with Gasteiger partial charge in [-0.1, -0.05) is 40.7 Å². The largest absolute Gasteiger partial charge is 0.469 e. The number of carbonyl (C=O) groups excluding carboxylic acids is 3. The quantitative estimate of drug-likeness (QED) is 0.452. The van der Waals surface area contributed by atoms with Gasteiger partial charge in [-0.2, -0.15) is 5.26 Å². The number of ketones is 2. The molecule has 9 atom stereocenters. The number of esters is 1. The highest BCUT2D eigenvalue weighted by atomic mass is 16.5. The number of ether oxygens (including phenoxy) is 1. The molecular weight excluding hydrogens is 438 g/mol. The summed E-state index contributed by atoms with van der Waals surface area (Å²) in [4.78, 5) is 40.2. The van der Waals surface area contributed by atoms with Gasteiger partial charge >= 0.3 is 5.97 Å². The third kappa shape index (κ3) is 3.20. The number of hydrogen-bond acceptors (Lipinski definition) is 5. The predicted octanol–water partition coefficient (Wildman–Crippen LogP) is 5.68. The topological polar surface area (TPSA) is 84.2 Å². The third-order valence-electron chi connectivity index (χ3n) is 11.9. The Morgan fingerprint density at radius 2 is 1.71 bits per heavy atom. The molecule has 5 aliphatic rings. The summed E-state index contributed by atoms with van der Waals surface area (Å²) in [5, 5.41) is 9.72. The first-order valence-electron chi connectivity index (χ1n) is 13.6. The molecule has 0 N–H and O–H groups in total. The number of fused-ring (bicyclic) bond motifs is 7. The summed E-state index contributed by atoms with van der Waals surface area (Å²) in [5.41, 5.74) is -0.544. The SMILES string of the molecule is COC(=O)C12CCC3C(C(=O)CC4C5(C)C=C(C#N)C(=O)C(C)C5CCC34C)C1CC(C)(C)CC2. The fourth-order valence-corrected chi connectivity index (χ4v) is 10.1. The zero-order valence-corrected chi connectivity index (χ0v) is 22.3. The van der Waals surface area contributed by atoms with Gasteiger partial charge in [0.1, 0.15) is 11.9 Å². The standard InChI is InChI=1S/C30H41NO4/c1-17-19-7-9-28(4)20-8-10-30(26(34)35-6)12-11-27(2,3)15-21(30)24(20)22(32)13-23(28)29(19,5)14-18(16-31)25(17)33/h14,17,19-21,23-24H,7-13,15H2,1-6H3. The van der Waals surface area contributed by atoms with Crippen molar-refractivity contribution in [2.24, 2.45) is 57.2 Å². The Labute approximate surface area is 210 Å². The van der Waals surface area contributed by atoms with E-state index in [2.05, 4.69) is 33.8 Å². The minimum Gasteiger partial charge on any atom is -0.469 e. The van der Waals surface area contributed by atoms with E-state index < -0.39 is 5.41 Å². The predicted molar refractivity (Wildman–Crippen MR) is 132 cm³/mol. The highest BCUT2D eigenvalue weighted by Gasteiger charge is 2.68. The Bertz CT molecular complexity index is 1050. The molecule has 0 aromatic heterocycles. The number of nitrogens with zero attached hydrogens (tertiary/aromatic N) is 1. The molecule has 190 valence electrons. The Hall–Kier alpha value is -1.96. The molecule has 4 saturated carbocycles. The van der Waals surface area contributed by atoms with E-state index in [1.807, 2.05) is 13.0 Å². The van der Waals surface area contributed by atoms with Gasteiger partial charge in [-0.05, 0) is 84.9 Å². The molecule has 0 amide bonds. The fourth-order valence-electron chi connectivity index (χ4n) is 10.1. The lowest BCUT2D eigenvalue weighted by atomic mass is 9.36. The van der Waals surface area contributed by atoms with Gasteiger partial charge in [0.25, 0.3) is 0 Å². The summed E-state index contributed by atoms with van der Waals surface area (Å²) in [6.45, 7) is 11.1. The fraction of sp³-hybridized carbons (Fsp3) is 0.800. The van der Waals surface area contributed by atoms with Gasteiger partial charge in [-0.15, -0.1) is 0 Å². The van der Waals surface area contributed by atoms with E-state index in [0.29, 0.717) is 12.2 Å². The molecule has 5 aliphatic carbocycles. The van der Waals surface area contributed by atoms with Gasteiger partial charge in [-0.3, -0.25) is 14.4 Å². The molecule has 0 saturated heterocycles. The second-order valence-corrected chi connectivity index (χ2v) is 13.9. The second-order valence-electron chi connectivity index (χ2n) is 13.9. The minimum absolute atomic E-state index is 0.0327. The van der Waals surface area contributed by atoms with Gasteiger partial charge in [0.05, 0.1) is 18.1 Å². The monoisotopic (exact) mass is 479 g/mol. The maximum absolute atomic E-state index is 14.2. The Morgan fingerprint density at radius 1 is 1.03 bits per heavy atom. The van der Waals surface area contributed by atoms with Crippen molar-refractivity contribution in [3.05, 3.63) is 11.6 Å². The lowest BCUT2D eigenvalue weighted by Gasteiger charge is -2.66. The van der Waals surface area contributed by atoms with Crippen LogP contribution in [0, 0.1) is 68.5 Å². The molecule has 4 fully saturated rings. The van der Waals surface area contributed by atoms with E-state index in [9.17, 15) is 19.6 Å². The molecular formula is C30H41NO4. The van der Waals surface area contributed by atoms with Crippen molar-refractivity contribution in [1.29, 1.82) is 5.26 Å². The van der Waals surface area contributed by atoms with Crippen LogP contribution in [0.25, 0.3) is 0 Å². The molecule has 0 aliphatic heterocycles. The van der Waals surface area contributed by atoms with Crippen molar-refractivity contribution in [1.82, 2.24) is 0 Å². The van der Waals surface area contributed by atoms with Crippen LogP contribution in [0.2, 0.25) is 0 Å². The average molecular weight is 480 g/mol. The van der Waals surface area contributed by atoms with E-state index in [1.54, 1.807) is 0 Å². The summed E-state index contributed by atoms with van der Waals surface area (Å²) in [5.74, 6) is 0.397. The second kappa shape index (κ2) is 7.77. The highest BCUT2D eigenvalue weighted by molar-refractivity contribution is 6.01. The first-order valence-corrected chi connectivity index (χ1v) is 13.6. The summed E-state index contributed by atoms with van der Waals surface area (Å²) < 4.78 is 5.38. The zero-order chi connectivity index (χ0) is 25.6. The number of carbonyl (C=O) groups is 3. The molecule has 9 unspecified atom stereocenters. The summed E-state index contributed by atoms with van der Waals surface area (Å²) >= 11 is 0. The number of Topliss-reactive ketones (excluding diaryl/α,β-unsaturated/α-hetero) is 2. The molecule has 0 bridgehead atoms. The summed E-state index contributed by atoms with van der Waals surface area (Å²) in [6.07, 6.45) is 8.72. The maximum Gasteiger partial charge on any atom is 0.312 e. The van der Waals surface area contributed by atoms with E-state index in [1.165, 1.54) is 7.11 Å². The lowest BCUT2D eigenvalue weighted by molar-refractivity contribution is -0.196. The highest BCUT2D eigenvalue weighted by Crippen LogP contribution is 2.70. The molecule has 5 rings (SSSR count). The molecule has 35 heavy (non-hydrogen) atoms. The molecule has 0 heterocycles. The Morgan fingerprint density at radius 3 is 2.37 bits per heavy atom. The van der Waals surface area contributed by atoms with Crippen molar-refractivity contribution >= 4 is 17.5 Å². The van der Waals surface area contributed by atoms with E-state index in [0.717, 1.165) is 44.9 Å². The molecule has 5 heteroatoms. The van der Waals surface area contributed by atoms with Gasteiger partial charge in [0.15, 0.2) is 5.78 Å². The van der Waals surface area contributed by atoms with Gasteiger partial charge in [-0.25, -0.2) is 0 Å². The average Bonchev–Trinajstić information content (AvgIpc) is 2.81. The number of allylic oxidation sites excluding steroid dienone is 2. The first kappa shape index (κ1) is 24.7. The first-order chi connectivity index (χ1) is 16.3. The van der Waals surface area contributed by atoms with Crippen LogP contribution in [0.4, 0.5) is 0 Å².